The van der Waals surface area contributed by atoms with E-state index in [9.17, 15) is 0 Å². The quantitative estimate of drug-likeness (QED) is 0.251. The molecule has 5 rings (SSSR count). The Hall–Kier alpha value is -3.39. The average molecular weight is 461 g/mol. The number of hydrogen-bond acceptors (Lipinski definition) is 1. The van der Waals surface area contributed by atoms with Crippen LogP contribution in [0.25, 0.3) is 33.9 Å². The van der Waals surface area contributed by atoms with E-state index in [1.807, 2.05) is 0 Å². The zero-order chi connectivity index (χ0) is 24.2. The average Bonchev–Trinajstić information content (AvgIpc) is 3.29. The topological polar surface area (TPSA) is 17.8 Å². The van der Waals surface area contributed by atoms with Crippen LogP contribution in [-0.2, 0) is 6.54 Å². The molecule has 0 spiro atoms. The standard InChI is InChI=1S/C33H36N2/c1-4-35-32(27-17-9-6-10-18-27)31(26-15-7-5-8-16-26)34-33(35)30-21-12-11-20-29(30)28-19-13-14-25(23-28)22-24(2)3/h5-12,15-18,20-21,25,28H,2,4,13-14,19,22-23H2,1,3H3. The predicted molar refractivity (Wildman–Crippen MR) is 148 cm³/mol. The molecular weight excluding hydrogens is 424 g/mol. The molecular formula is C33H36N2. The number of aromatic nitrogens is 2. The Balaban J connectivity index is 1.65. The van der Waals surface area contributed by atoms with E-state index in [0.29, 0.717) is 5.92 Å². The molecule has 0 radical (unpaired) electrons. The van der Waals surface area contributed by atoms with Crippen LogP contribution in [0.2, 0.25) is 0 Å². The fraction of sp³-hybridized carbons (Fsp3) is 0.303. The summed E-state index contributed by atoms with van der Waals surface area (Å²) in [6.45, 7) is 9.47. The Kier molecular flexibility index (Phi) is 6.99. The highest BCUT2D eigenvalue weighted by atomic mass is 15.1. The lowest BCUT2D eigenvalue weighted by Crippen LogP contribution is -2.15. The summed E-state index contributed by atoms with van der Waals surface area (Å²) >= 11 is 0. The number of rotatable bonds is 7. The van der Waals surface area contributed by atoms with Crippen molar-refractivity contribution in [2.24, 2.45) is 5.92 Å². The third-order valence-corrected chi connectivity index (χ3v) is 7.44. The highest BCUT2D eigenvalue weighted by Crippen LogP contribution is 2.43. The first kappa shape index (κ1) is 23.4. The van der Waals surface area contributed by atoms with Gasteiger partial charge in [-0.05, 0) is 50.5 Å². The molecule has 2 nitrogen and oxygen atoms in total. The van der Waals surface area contributed by atoms with Crippen LogP contribution < -0.4 is 0 Å². The number of imidazole rings is 1. The first-order valence-electron chi connectivity index (χ1n) is 13.1. The van der Waals surface area contributed by atoms with Crippen LogP contribution in [0.15, 0.2) is 97.1 Å². The lowest BCUT2D eigenvalue weighted by molar-refractivity contribution is 0.320. The van der Waals surface area contributed by atoms with Gasteiger partial charge in [0.25, 0.3) is 0 Å². The van der Waals surface area contributed by atoms with E-state index in [1.165, 1.54) is 53.6 Å². The Labute approximate surface area is 210 Å². The molecule has 1 aliphatic carbocycles. The molecule has 1 aromatic heterocycles. The summed E-state index contributed by atoms with van der Waals surface area (Å²) in [6, 6.07) is 30.4. The lowest BCUT2D eigenvalue weighted by atomic mass is 9.75. The second-order valence-electron chi connectivity index (χ2n) is 10.1. The summed E-state index contributed by atoms with van der Waals surface area (Å²) in [5.74, 6) is 2.40. The molecule has 3 aromatic carbocycles. The van der Waals surface area contributed by atoms with Gasteiger partial charge in [-0.3, -0.25) is 0 Å². The SMILES string of the molecule is C=C(C)CC1CCCC(c2ccccc2-c2nc(-c3ccccc3)c(-c3ccccc3)n2CC)C1. The number of benzene rings is 3. The van der Waals surface area contributed by atoms with Gasteiger partial charge in [0.15, 0.2) is 0 Å². The number of hydrogen-bond donors (Lipinski definition) is 0. The van der Waals surface area contributed by atoms with Crippen molar-refractivity contribution >= 4 is 0 Å². The van der Waals surface area contributed by atoms with Crippen LogP contribution >= 0.6 is 0 Å². The Bertz CT molecular complexity index is 1280. The van der Waals surface area contributed by atoms with E-state index in [-0.39, 0.29) is 0 Å². The monoisotopic (exact) mass is 460 g/mol. The van der Waals surface area contributed by atoms with Crippen LogP contribution in [0.3, 0.4) is 0 Å². The second kappa shape index (κ2) is 10.5. The Morgan fingerprint density at radius 3 is 2.23 bits per heavy atom. The normalized spacial score (nSPS) is 17.9. The van der Waals surface area contributed by atoms with E-state index < -0.39 is 0 Å². The van der Waals surface area contributed by atoms with Crippen molar-refractivity contribution in [1.29, 1.82) is 0 Å². The summed E-state index contributed by atoms with van der Waals surface area (Å²) in [4.78, 5) is 5.37. The van der Waals surface area contributed by atoms with Crippen LogP contribution in [0.1, 0.15) is 57.4 Å². The number of allylic oxidation sites excluding steroid dienone is 1. The summed E-state index contributed by atoms with van der Waals surface area (Å²) in [5, 5.41) is 0. The molecule has 0 saturated heterocycles. The highest BCUT2D eigenvalue weighted by molar-refractivity contribution is 5.82. The van der Waals surface area contributed by atoms with Crippen molar-refractivity contribution in [2.75, 3.05) is 0 Å². The summed E-state index contributed by atoms with van der Waals surface area (Å²) in [5.41, 5.74) is 8.69. The van der Waals surface area contributed by atoms with Crippen LogP contribution in [0.5, 0.6) is 0 Å². The maximum atomic E-state index is 5.37. The molecule has 2 atom stereocenters. The van der Waals surface area contributed by atoms with Crippen LogP contribution in [0.4, 0.5) is 0 Å². The van der Waals surface area contributed by atoms with Gasteiger partial charge in [-0.25, -0.2) is 4.98 Å². The van der Waals surface area contributed by atoms with Crippen LogP contribution in [0, 0.1) is 5.92 Å². The largest absolute Gasteiger partial charge is 0.324 e. The van der Waals surface area contributed by atoms with Gasteiger partial charge in [0.05, 0.1) is 11.4 Å². The van der Waals surface area contributed by atoms with Gasteiger partial charge >= 0.3 is 0 Å². The molecule has 0 amide bonds. The molecule has 0 bridgehead atoms. The summed E-state index contributed by atoms with van der Waals surface area (Å²) < 4.78 is 2.42. The van der Waals surface area contributed by atoms with Gasteiger partial charge in [0.2, 0.25) is 0 Å². The second-order valence-corrected chi connectivity index (χ2v) is 10.1. The minimum atomic E-state index is 0.576. The molecule has 1 saturated carbocycles. The zero-order valence-corrected chi connectivity index (χ0v) is 21.1. The molecule has 1 heterocycles. The summed E-state index contributed by atoms with van der Waals surface area (Å²) in [6.07, 6.45) is 6.27. The van der Waals surface area contributed by atoms with E-state index >= 15 is 0 Å². The minimum Gasteiger partial charge on any atom is -0.324 e. The fourth-order valence-electron chi connectivity index (χ4n) is 5.96. The first-order valence-corrected chi connectivity index (χ1v) is 13.1. The van der Waals surface area contributed by atoms with Crippen molar-refractivity contribution in [3.63, 3.8) is 0 Å². The smallest absolute Gasteiger partial charge is 0.141 e. The molecule has 1 fully saturated rings. The van der Waals surface area contributed by atoms with Gasteiger partial charge in [-0.1, -0.05) is 103 Å². The maximum absolute atomic E-state index is 5.37. The van der Waals surface area contributed by atoms with Crippen molar-refractivity contribution < 1.29 is 0 Å². The molecule has 0 aliphatic heterocycles. The molecule has 2 unspecified atom stereocenters. The third kappa shape index (κ3) is 4.89. The van der Waals surface area contributed by atoms with Gasteiger partial charge in [0.1, 0.15) is 5.82 Å². The van der Waals surface area contributed by atoms with Gasteiger partial charge in [0, 0.05) is 23.2 Å². The van der Waals surface area contributed by atoms with Gasteiger partial charge in [-0.15, -0.1) is 6.58 Å². The molecule has 1 aliphatic rings. The highest BCUT2D eigenvalue weighted by Gasteiger charge is 2.27. The molecule has 35 heavy (non-hydrogen) atoms. The van der Waals surface area contributed by atoms with E-state index in [0.717, 1.165) is 36.0 Å². The predicted octanol–water partition coefficient (Wildman–Crippen LogP) is 9.14. The number of nitrogens with zero attached hydrogens (tertiary/aromatic N) is 2. The zero-order valence-electron chi connectivity index (χ0n) is 21.1. The minimum absolute atomic E-state index is 0.576. The molecule has 178 valence electrons. The first-order chi connectivity index (χ1) is 17.2. The Morgan fingerprint density at radius 2 is 1.54 bits per heavy atom. The molecule has 4 aromatic rings. The van der Waals surface area contributed by atoms with Crippen molar-refractivity contribution in [3.05, 3.63) is 103 Å². The van der Waals surface area contributed by atoms with Gasteiger partial charge < -0.3 is 4.57 Å². The van der Waals surface area contributed by atoms with E-state index in [4.69, 9.17) is 4.98 Å². The van der Waals surface area contributed by atoms with E-state index in [1.54, 1.807) is 0 Å². The van der Waals surface area contributed by atoms with Gasteiger partial charge in [-0.2, -0.15) is 0 Å². The lowest BCUT2D eigenvalue weighted by Gasteiger charge is -2.31. The third-order valence-electron chi connectivity index (χ3n) is 7.44. The maximum Gasteiger partial charge on any atom is 0.141 e. The van der Waals surface area contributed by atoms with Crippen molar-refractivity contribution in [1.82, 2.24) is 9.55 Å². The van der Waals surface area contributed by atoms with Crippen molar-refractivity contribution in [3.8, 4) is 33.9 Å². The Morgan fingerprint density at radius 1 is 0.886 bits per heavy atom. The van der Waals surface area contributed by atoms with E-state index in [2.05, 4.69) is 110 Å². The molecule has 0 N–H and O–H groups in total. The van der Waals surface area contributed by atoms with Crippen LogP contribution in [-0.4, -0.2) is 9.55 Å². The fourth-order valence-corrected chi connectivity index (χ4v) is 5.96. The van der Waals surface area contributed by atoms with Crippen molar-refractivity contribution in [2.45, 2.75) is 58.4 Å². The summed E-state index contributed by atoms with van der Waals surface area (Å²) in [7, 11) is 0. The molecule has 2 heteroatoms.